The number of aliphatic hydroxyl groups excluding tert-OH is 2. The fourth-order valence-corrected chi connectivity index (χ4v) is 8.67. The summed E-state index contributed by atoms with van der Waals surface area (Å²) in [5, 5.41) is 49.0. The third-order valence-electron chi connectivity index (χ3n) is 11.5. The Morgan fingerprint density at radius 1 is 1.05 bits per heavy atom. The van der Waals surface area contributed by atoms with E-state index in [1.54, 1.807) is 0 Å². The van der Waals surface area contributed by atoms with Gasteiger partial charge in [-0.1, -0.05) is 0 Å². The summed E-state index contributed by atoms with van der Waals surface area (Å²) >= 11 is 0. The van der Waals surface area contributed by atoms with Crippen molar-refractivity contribution < 1.29 is 14.9 Å². The molecule has 0 aromatic rings. The Labute approximate surface area is 237 Å². The second kappa shape index (κ2) is 11.0. The summed E-state index contributed by atoms with van der Waals surface area (Å²) in [6.45, 7) is 1.75. The molecule has 0 radical (unpaired) electrons. The van der Waals surface area contributed by atoms with E-state index in [2.05, 4.69) is 44.6 Å². The third kappa shape index (κ3) is 5.01. The summed E-state index contributed by atoms with van der Waals surface area (Å²) < 4.78 is 6.28. The maximum absolute atomic E-state index is 10.9. The predicted molar refractivity (Wildman–Crippen MR) is 148 cm³/mol. The van der Waals surface area contributed by atoms with E-state index in [1.807, 2.05) is 4.90 Å². The van der Waals surface area contributed by atoms with Crippen LogP contribution in [0.4, 0.5) is 0 Å². The molecule has 7 fully saturated rings. The van der Waals surface area contributed by atoms with Crippen molar-refractivity contribution in [3.63, 3.8) is 0 Å². The molecular formula is C28H49N9O3. The van der Waals surface area contributed by atoms with Crippen LogP contribution in [-0.2, 0) is 4.74 Å². The van der Waals surface area contributed by atoms with Gasteiger partial charge in [-0.05, 0) is 76.7 Å². The van der Waals surface area contributed by atoms with Crippen LogP contribution < -0.4 is 32.3 Å². The number of nitrogens with two attached hydrogens (primary N) is 1. The number of fused-ring (bicyclic) bond motifs is 2. The third-order valence-corrected chi connectivity index (χ3v) is 11.5. The first-order chi connectivity index (χ1) is 19.3. The monoisotopic (exact) mass is 559 g/mol. The van der Waals surface area contributed by atoms with Gasteiger partial charge in [0, 0.05) is 31.3 Å². The minimum Gasteiger partial charge on any atom is -0.387 e. The van der Waals surface area contributed by atoms with Crippen molar-refractivity contribution in [1.29, 1.82) is 5.26 Å². The Hall–Kier alpha value is -0.950. The molecule has 3 saturated carbocycles. The molecule has 7 aliphatic rings. The highest BCUT2D eigenvalue weighted by atomic mass is 16.6. The standard InChI is InChI=1S/C28H49N9O3/c1-36(11-20-23(38)24(39)27(40-20)37-14-33-22-25(30)31-13-32-26(22)37)17-8-15(9-17)2-5-21-34-18-4-3-16(10-19(18)35-21)28(12-29)6-7-28/h15-27,31-35,38-39H,2-11,13-14,30H2,1H3/t15?,16?,17?,18?,19?,20-,21?,22?,23-,24-,25?,26?,27-/m1/s1. The molecule has 9 N–H and O–H groups in total. The predicted octanol–water partition coefficient (Wildman–Crippen LogP) is -1.72. The first-order valence-corrected chi connectivity index (χ1v) is 15.7. The van der Waals surface area contributed by atoms with Crippen LogP contribution in [0.15, 0.2) is 0 Å². The number of ether oxygens (including phenoxy) is 1. The highest BCUT2D eigenvalue weighted by Gasteiger charge is 2.54. The lowest BCUT2D eigenvalue weighted by Crippen LogP contribution is -2.68. The van der Waals surface area contributed by atoms with Crippen molar-refractivity contribution >= 4 is 0 Å². The van der Waals surface area contributed by atoms with E-state index in [-0.39, 0.29) is 23.8 Å². The molecule has 224 valence electrons. The van der Waals surface area contributed by atoms with E-state index in [4.69, 9.17) is 10.5 Å². The lowest BCUT2D eigenvalue weighted by atomic mass is 9.75. The Balaban J connectivity index is 0.835. The number of nitrogens with one attached hydrogen (secondary N) is 5. The number of hydrogen-bond donors (Lipinski definition) is 8. The van der Waals surface area contributed by atoms with Gasteiger partial charge < -0.3 is 25.6 Å². The van der Waals surface area contributed by atoms with Gasteiger partial charge in [-0.3, -0.25) is 26.6 Å². The van der Waals surface area contributed by atoms with Crippen LogP contribution in [-0.4, -0.2) is 114 Å². The summed E-state index contributed by atoms with van der Waals surface area (Å²) in [5.74, 6) is 1.31. The summed E-state index contributed by atoms with van der Waals surface area (Å²) in [4.78, 5) is 4.36. The molecule has 0 aromatic carbocycles. The number of nitriles is 1. The Morgan fingerprint density at radius 3 is 2.62 bits per heavy atom. The van der Waals surface area contributed by atoms with E-state index < -0.39 is 24.5 Å². The molecular weight excluding hydrogens is 510 g/mol. The molecule has 4 saturated heterocycles. The summed E-state index contributed by atoms with van der Waals surface area (Å²) in [7, 11) is 2.12. The number of rotatable bonds is 8. The van der Waals surface area contributed by atoms with Crippen LogP contribution in [0.5, 0.6) is 0 Å². The van der Waals surface area contributed by atoms with E-state index >= 15 is 0 Å². The molecule has 0 bridgehead atoms. The average Bonchev–Trinajstić information content (AvgIpc) is 3.30. The average molecular weight is 560 g/mol. The quantitative estimate of drug-likeness (QED) is 0.170. The highest BCUT2D eigenvalue weighted by molar-refractivity contribution is 5.15. The molecule has 40 heavy (non-hydrogen) atoms. The molecule has 4 heterocycles. The van der Waals surface area contributed by atoms with Gasteiger partial charge in [0.1, 0.15) is 24.5 Å². The van der Waals surface area contributed by atoms with Crippen LogP contribution in [0.1, 0.15) is 57.8 Å². The Kier molecular flexibility index (Phi) is 7.63. The van der Waals surface area contributed by atoms with Gasteiger partial charge >= 0.3 is 0 Å². The number of hydrogen-bond acceptors (Lipinski definition) is 12. The second-order valence-electron chi connectivity index (χ2n) is 13.9. The van der Waals surface area contributed by atoms with Crippen LogP contribution in [0.2, 0.25) is 0 Å². The molecule has 7 rings (SSSR count). The maximum Gasteiger partial charge on any atom is 0.142 e. The molecule has 12 nitrogen and oxygen atoms in total. The fourth-order valence-electron chi connectivity index (χ4n) is 8.67. The van der Waals surface area contributed by atoms with Crippen molar-refractivity contribution in [3.05, 3.63) is 0 Å². The van der Waals surface area contributed by atoms with Crippen molar-refractivity contribution in [3.8, 4) is 6.07 Å². The molecule has 0 aromatic heterocycles. The highest BCUT2D eigenvalue weighted by Crippen LogP contribution is 2.56. The molecule has 3 aliphatic carbocycles. The van der Waals surface area contributed by atoms with Crippen molar-refractivity contribution in [1.82, 2.24) is 36.4 Å². The van der Waals surface area contributed by atoms with Gasteiger partial charge in [-0.15, -0.1) is 0 Å². The van der Waals surface area contributed by atoms with Crippen LogP contribution >= 0.6 is 0 Å². The van der Waals surface area contributed by atoms with Gasteiger partial charge in [0.15, 0.2) is 0 Å². The number of nitrogens with zero attached hydrogens (tertiary/aromatic N) is 3. The van der Waals surface area contributed by atoms with E-state index in [9.17, 15) is 15.5 Å². The zero-order chi connectivity index (χ0) is 27.6. The molecule has 11 atom stereocenters. The molecule has 7 unspecified atom stereocenters. The van der Waals surface area contributed by atoms with E-state index in [0.29, 0.717) is 50.1 Å². The smallest absolute Gasteiger partial charge is 0.142 e. The fraction of sp³-hybridized carbons (Fsp3) is 0.964. The minimum atomic E-state index is -0.957. The largest absolute Gasteiger partial charge is 0.387 e. The van der Waals surface area contributed by atoms with Gasteiger partial charge in [0.25, 0.3) is 0 Å². The normalized spacial score (nSPS) is 49.9. The van der Waals surface area contributed by atoms with Crippen LogP contribution in [0, 0.1) is 28.6 Å². The molecule has 4 aliphatic heterocycles. The molecule has 12 heteroatoms. The summed E-state index contributed by atoms with van der Waals surface area (Å²) in [6, 6.07) is 4.24. The SMILES string of the molecule is CN(C[C@H]1O[C@@H](N2CNC3C(N)NCNC32)[C@H](O)[C@@H]1O)C1CC(CCC2NC3CCC(C4(C#N)CC4)CC3N2)C1. The maximum atomic E-state index is 10.9. The zero-order valence-corrected chi connectivity index (χ0v) is 23.7. The van der Waals surface area contributed by atoms with Crippen molar-refractivity contribution in [2.45, 2.75) is 125 Å². The number of aliphatic hydroxyl groups is 2. The van der Waals surface area contributed by atoms with E-state index in [0.717, 1.165) is 31.6 Å². The summed E-state index contributed by atoms with van der Waals surface area (Å²) in [6.07, 6.45) is 7.79. The van der Waals surface area contributed by atoms with Crippen molar-refractivity contribution in [2.75, 3.05) is 26.9 Å². The first kappa shape index (κ1) is 27.9. The van der Waals surface area contributed by atoms with E-state index in [1.165, 1.54) is 32.1 Å². The lowest BCUT2D eigenvalue weighted by Gasteiger charge is -2.42. The summed E-state index contributed by atoms with van der Waals surface area (Å²) in [5.41, 5.74) is 6.20. The van der Waals surface area contributed by atoms with Gasteiger partial charge in [-0.2, -0.15) is 5.26 Å². The van der Waals surface area contributed by atoms with Crippen molar-refractivity contribution in [2.24, 2.45) is 23.0 Å². The van der Waals surface area contributed by atoms with Gasteiger partial charge in [-0.25, -0.2) is 4.90 Å². The first-order valence-electron chi connectivity index (χ1n) is 15.7. The van der Waals surface area contributed by atoms with Crippen LogP contribution in [0.3, 0.4) is 0 Å². The minimum absolute atomic E-state index is 0.00316. The zero-order valence-electron chi connectivity index (χ0n) is 23.7. The second-order valence-corrected chi connectivity index (χ2v) is 13.9. The van der Waals surface area contributed by atoms with Crippen LogP contribution in [0.25, 0.3) is 0 Å². The Morgan fingerprint density at radius 2 is 1.85 bits per heavy atom. The molecule has 0 amide bonds. The Bertz CT molecular complexity index is 958. The van der Waals surface area contributed by atoms with Gasteiger partial charge in [0.2, 0.25) is 0 Å². The van der Waals surface area contributed by atoms with Gasteiger partial charge in [0.05, 0.1) is 42.7 Å². The molecule has 0 spiro atoms. The lowest BCUT2D eigenvalue weighted by molar-refractivity contribution is -0.108. The topological polar surface area (TPSA) is 166 Å². The number of likely N-dealkylation sites (N-methyl/N-ethyl adjacent to an activating group) is 1.